The Kier molecular flexibility index (Phi) is 7.32. The summed E-state index contributed by atoms with van der Waals surface area (Å²) in [6, 6.07) is 4.14. The minimum atomic E-state index is -0.764. The molecule has 7 nitrogen and oxygen atoms in total. The van der Waals surface area contributed by atoms with Crippen LogP contribution in [0, 0.1) is 26.7 Å². The molecule has 35 heavy (non-hydrogen) atoms. The number of rotatable bonds is 5. The molecule has 2 N–H and O–H groups in total. The van der Waals surface area contributed by atoms with Crippen molar-refractivity contribution in [2.45, 2.75) is 78.4 Å². The van der Waals surface area contributed by atoms with Crippen LogP contribution in [0.1, 0.15) is 70.9 Å². The van der Waals surface area contributed by atoms with Crippen LogP contribution in [0.4, 0.5) is 0 Å². The molecule has 4 rings (SSSR count). The van der Waals surface area contributed by atoms with Crippen molar-refractivity contribution in [1.29, 1.82) is 0 Å². The van der Waals surface area contributed by atoms with E-state index in [1.807, 2.05) is 33.8 Å². The predicted molar refractivity (Wildman–Crippen MR) is 137 cm³/mol. The molecule has 1 saturated carbocycles. The van der Waals surface area contributed by atoms with E-state index in [2.05, 4.69) is 29.3 Å². The molecule has 1 amide bonds. The highest BCUT2D eigenvalue weighted by molar-refractivity contribution is 6.32. The van der Waals surface area contributed by atoms with Crippen LogP contribution in [-0.2, 0) is 17.9 Å². The second-order valence-electron chi connectivity index (χ2n) is 10.3. The van der Waals surface area contributed by atoms with Crippen LogP contribution in [0.2, 0.25) is 5.02 Å². The zero-order chi connectivity index (χ0) is 25.5. The number of hydrogen-bond donors (Lipinski definition) is 2. The van der Waals surface area contributed by atoms with E-state index in [0.717, 1.165) is 48.1 Å². The van der Waals surface area contributed by atoms with Gasteiger partial charge in [0.1, 0.15) is 5.75 Å². The second-order valence-corrected chi connectivity index (χ2v) is 10.7. The zero-order valence-corrected chi connectivity index (χ0v) is 22.3. The van der Waals surface area contributed by atoms with E-state index in [-0.39, 0.29) is 23.9 Å². The van der Waals surface area contributed by atoms with E-state index < -0.39 is 5.79 Å². The average molecular weight is 502 g/mol. The predicted octanol–water partition coefficient (Wildman–Crippen LogP) is 4.63. The standard InChI is InChI=1S/C27H36ClN3O4/c1-15-11-16(2)30-26(33)21(15)13-29-25(32)20-12-23(28)22-14-34-27(4,35-24(22)17(20)3)18-7-9-19(10-8-18)31(5)6/h11-12,18-19H,7-10,13-14H2,1-6H3,(H,29,32)(H,30,33). The number of fused-ring (bicyclic) bond motifs is 1. The minimum absolute atomic E-state index is 0.130. The maximum absolute atomic E-state index is 13.2. The number of ether oxygens (including phenoxy) is 2. The Morgan fingerprint density at radius 1 is 1.20 bits per heavy atom. The summed E-state index contributed by atoms with van der Waals surface area (Å²) in [7, 11) is 4.26. The van der Waals surface area contributed by atoms with Crippen molar-refractivity contribution >= 4 is 17.5 Å². The molecule has 190 valence electrons. The number of halogens is 1. The summed E-state index contributed by atoms with van der Waals surface area (Å²) >= 11 is 6.58. The summed E-state index contributed by atoms with van der Waals surface area (Å²) in [4.78, 5) is 30.6. The molecular formula is C27H36ClN3O4. The molecule has 1 atom stereocenters. The molecule has 8 heteroatoms. The van der Waals surface area contributed by atoms with Gasteiger partial charge >= 0.3 is 0 Å². The zero-order valence-electron chi connectivity index (χ0n) is 21.5. The van der Waals surface area contributed by atoms with Crippen LogP contribution in [0.5, 0.6) is 5.75 Å². The molecule has 1 aliphatic heterocycles. The van der Waals surface area contributed by atoms with Crippen molar-refractivity contribution in [3.8, 4) is 5.75 Å². The number of aromatic nitrogens is 1. The minimum Gasteiger partial charge on any atom is -0.462 e. The summed E-state index contributed by atoms with van der Waals surface area (Å²) in [6.07, 6.45) is 4.25. The number of amides is 1. The Hall–Kier alpha value is -2.35. The van der Waals surface area contributed by atoms with Gasteiger partial charge < -0.3 is 24.7 Å². The van der Waals surface area contributed by atoms with Crippen LogP contribution in [-0.4, -0.2) is 41.7 Å². The molecule has 1 unspecified atom stereocenters. The highest BCUT2D eigenvalue weighted by Crippen LogP contribution is 2.45. The number of H-pyrrole nitrogens is 1. The lowest BCUT2D eigenvalue weighted by molar-refractivity contribution is -0.232. The number of nitrogens with one attached hydrogen (secondary N) is 2. The van der Waals surface area contributed by atoms with Gasteiger partial charge in [0, 0.05) is 53.4 Å². The smallest absolute Gasteiger partial charge is 0.253 e. The Labute approximate surface area is 212 Å². The molecule has 2 heterocycles. The highest BCUT2D eigenvalue weighted by atomic mass is 35.5. The van der Waals surface area contributed by atoms with Crippen LogP contribution in [0.25, 0.3) is 0 Å². The summed E-state index contributed by atoms with van der Waals surface area (Å²) < 4.78 is 12.8. The van der Waals surface area contributed by atoms with E-state index in [1.165, 1.54) is 0 Å². The average Bonchev–Trinajstić information content (AvgIpc) is 2.80. The summed E-state index contributed by atoms with van der Waals surface area (Å²) in [6.45, 7) is 8.06. The van der Waals surface area contributed by atoms with Gasteiger partial charge in [-0.1, -0.05) is 11.6 Å². The van der Waals surface area contributed by atoms with Gasteiger partial charge in [0.2, 0.25) is 5.79 Å². The number of benzene rings is 1. The van der Waals surface area contributed by atoms with Gasteiger partial charge in [0.15, 0.2) is 0 Å². The molecule has 1 aromatic carbocycles. The van der Waals surface area contributed by atoms with E-state index >= 15 is 0 Å². The lowest BCUT2D eigenvalue weighted by Crippen LogP contribution is -2.48. The van der Waals surface area contributed by atoms with Gasteiger partial charge in [-0.15, -0.1) is 0 Å². The van der Waals surface area contributed by atoms with Gasteiger partial charge in [-0.2, -0.15) is 0 Å². The van der Waals surface area contributed by atoms with Crippen molar-refractivity contribution in [3.05, 3.63) is 61.0 Å². The molecule has 2 aliphatic rings. The molecule has 0 saturated heterocycles. The van der Waals surface area contributed by atoms with Gasteiger partial charge in [-0.25, -0.2) is 0 Å². The third-order valence-corrected chi connectivity index (χ3v) is 8.06. The fourth-order valence-corrected chi connectivity index (χ4v) is 5.67. The molecule has 2 aromatic rings. The summed E-state index contributed by atoms with van der Waals surface area (Å²) in [5.41, 5.74) is 3.92. The third-order valence-electron chi connectivity index (χ3n) is 7.72. The van der Waals surface area contributed by atoms with Crippen molar-refractivity contribution in [2.24, 2.45) is 5.92 Å². The number of carbonyl (C=O) groups is 1. The van der Waals surface area contributed by atoms with Crippen molar-refractivity contribution < 1.29 is 14.3 Å². The summed E-state index contributed by atoms with van der Waals surface area (Å²) in [5, 5.41) is 3.32. The van der Waals surface area contributed by atoms with E-state index in [0.29, 0.717) is 34.5 Å². The number of pyridine rings is 1. The van der Waals surface area contributed by atoms with E-state index in [1.54, 1.807) is 6.07 Å². The number of carbonyl (C=O) groups excluding carboxylic acids is 1. The van der Waals surface area contributed by atoms with Gasteiger partial charge in [0.25, 0.3) is 11.5 Å². The fraction of sp³-hybridized carbons (Fsp3) is 0.556. The SMILES string of the molecule is Cc1cc(C)c(CNC(=O)c2cc(Cl)c3c(c2C)OC(C)(C2CCC(N(C)C)CC2)OC3)c(=O)[nH]1. The first-order valence-corrected chi connectivity index (χ1v) is 12.7. The van der Waals surface area contributed by atoms with Crippen LogP contribution < -0.4 is 15.6 Å². The molecular weight excluding hydrogens is 466 g/mol. The number of nitrogens with zero attached hydrogens (tertiary/aromatic N) is 1. The molecule has 1 aromatic heterocycles. The first kappa shape index (κ1) is 25.7. The first-order chi connectivity index (χ1) is 16.5. The number of hydrogen-bond acceptors (Lipinski definition) is 5. The van der Waals surface area contributed by atoms with Crippen molar-refractivity contribution in [2.75, 3.05) is 14.1 Å². The van der Waals surface area contributed by atoms with E-state index in [4.69, 9.17) is 21.1 Å². The molecule has 1 fully saturated rings. The Bertz CT molecular complexity index is 1180. The van der Waals surface area contributed by atoms with E-state index in [9.17, 15) is 9.59 Å². The Balaban J connectivity index is 1.54. The molecule has 0 bridgehead atoms. The van der Waals surface area contributed by atoms with Crippen LogP contribution in [0.3, 0.4) is 0 Å². The second kappa shape index (κ2) is 9.96. The topological polar surface area (TPSA) is 83.7 Å². The summed E-state index contributed by atoms with van der Waals surface area (Å²) in [5.74, 6) is -0.163. The highest BCUT2D eigenvalue weighted by Gasteiger charge is 2.44. The monoisotopic (exact) mass is 501 g/mol. The lowest BCUT2D eigenvalue weighted by Gasteiger charge is -2.45. The molecule has 0 spiro atoms. The lowest BCUT2D eigenvalue weighted by atomic mass is 9.80. The van der Waals surface area contributed by atoms with Crippen LogP contribution in [0.15, 0.2) is 16.9 Å². The Morgan fingerprint density at radius 2 is 1.89 bits per heavy atom. The van der Waals surface area contributed by atoms with Crippen LogP contribution >= 0.6 is 11.6 Å². The number of aryl methyl sites for hydroxylation is 2. The van der Waals surface area contributed by atoms with Crippen molar-refractivity contribution in [3.63, 3.8) is 0 Å². The van der Waals surface area contributed by atoms with Gasteiger partial charge in [-0.3, -0.25) is 9.59 Å². The van der Waals surface area contributed by atoms with Crippen molar-refractivity contribution in [1.82, 2.24) is 15.2 Å². The normalized spacial score (nSPS) is 24.1. The van der Waals surface area contributed by atoms with Gasteiger partial charge in [-0.05, 0) is 78.2 Å². The molecule has 1 aliphatic carbocycles. The molecule has 0 radical (unpaired) electrons. The maximum Gasteiger partial charge on any atom is 0.253 e. The Morgan fingerprint density at radius 3 is 2.51 bits per heavy atom. The third kappa shape index (κ3) is 5.13. The fourth-order valence-electron chi connectivity index (χ4n) is 5.42. The quantitative estimate of drug-likeness (QED) is 0.624. The largest absolute Gasteiger partial charge is 0.462 e. The maximum atomic E-state index is 13.2. The first-order valence-electron chi connectivity index (χ1n) is 12.3. The number of aromatic amines is 1. The van der Waals surface area contributed by atoms with Gasteiger partial charge in [0.05, 0.1) is 11.6 Å².